The molecule has 2 aliphatic rings. The molecule has 0 unspecified atom stereocenters. The zero-order chi connectivity index (χ0) is 16.4. The van der Waals surface area contributed by atoms with Crippen molar-refractivity contribution in [3.8, 4) is 0 Å². The maximum absolute atomic E-state index is 12.3. The van der Waals surface area contributed by atoms with Crippen LogP contribution < -0.4 is 0 Å². The molecule has 0 aromatic heterocycles. The van der Waals surface area contributed by atoms with Gasteiger partial charge in [-0.3, -0.25) is 4.79 Å². The van der Waals surface area contributed by atoms with Gasteiger partial charge in [0.1, 0.15) is 5.78 Å². The Morgan fingerprint density at radius 3 is 2.45 bits per heavy atom. The molecule has 0 saturated heterocycles. The molecule has 2 saturated carbocycles. The van der Waals surface area contributed by atoms with E-state index in [0.717, 1.165) is 25.9 Å². The van der Waals surface area contributed by atoms with Crippen LogP contribution in [-0.2, 0) is 9.22 Å². The fourth-order valence-corrected chi connectivity index (χ4v) is 8.11. The second-order valence-electron chi connectivity index (χ2n) is 8.09. The Morgan fingerprint density at radius 1 is 1.23 bits per heavy atom. The molecule has 0 aromatic carbocycles. The molecular weight excluding hydrogens is 288 g/mol. The molecule has 2 nitrogen and oxygen atoms in total. The van der Waals surface area contributed by atoms with E-state index in [2.05, 4.69) is 34.6 Å². The van der Waals surface area contributed by atoms with Crippen LogP contribution in [0.15, 0.2) is 0 Å². The number of carbonyl (C=O) groups excluding carboxylic acids is 1. The van der Waals surface area contributed by atoms with Crippen LogP contribution in [0.25, 0.3) is 0 Å². The minimum Gasteiger partial charge on any atom is -0.417 e. The predicted octanol–water partition coefficient (Wildman–Crippen LogP) is 5.43. The van der Waals surface area contributed by atoms with E-state index in [1.54, 1.807) is 0 Å². The molecule has 2 fully saturated rings. The summed E-state index contributed by atoms with van der Waals surface area (Å²) in [5.41, 5.74) is 0.257. The summed E-state index contributed by atoms with van der Waals surface area (Å²) in [4.78, 5) is 12.3. The summed E-state index contributed by atoms with van der Waals surface area (Å²) in [5.74, 6) is 2.17. The second kappa shape index (κ2) is 7.17. The number of fused-ring (bicyclic) bond motifs is 1. The number of hydrogen-bond donors (Lipinski definition) is 0. The van der Waals surface area contributed by atoms with Crippen LogP contribution in [0.1, 0.15) is 66.7 Å². The highest BCUT2D eigenvalue weighted by Crippen LogP contribution is 2.56. The zero-order valence-electron chi connectivity index (χ0n) is 15.4. The Balaban J connectivity index is 2.01. The van der Waals surface area contributed by atoms with Crippen LogP contribution in [0.2, 0.25) is 18.1 Å². The van der Waals surface area contributed by atoms with Crippen molar-refractivity contribution in [1.82, 2.24) is 0 Å². The highest BCUT2D eigenvalue weighted by Gasteiger charge is 2.52. The van der Waals surface area contributed by atoms with Crippen molar-refractivity contribution in [2.24, 2.45) is 23.2 Å². The second-order valence-corrected chi connectivity index (χ2v) is 12.9. The highest BCUT2D eigenvalue weighted by molar-refractivity contribution is 6.73. The summed E-state index contributed by atoms with van der Waals surface area (Å²) in [7, 11) is -1.48. The van der Waals surface area contributed by atoms with Gasteiger partial charge in [0, 0.05) is 18.9 Å². The van der Waals surface area contributed by atoms with Crippen molar-refractivity contribution in [2.75, 3.05) is 6.61 Å². The molecule has 0 bridgehead atoms. The third-order valence-electron chi connectivity index (χ3n) is 7.21. The van der Waals surface area contributed by atoms with Gasteiger partial charge in [0.2, 0.25) is 0 Å². The lowest BCUT2D eigenvalue weighted by molar-refractivity contribution is -0.130. The van der Waals surface area contributed by atoms with Gasteiger partial charge in [0.05, 0.1) is 0 Å². The normalized spacial score (nSPS) is 33.8. The van der Waals surface area contributed by atoms with Gasteiger partial charge in [-0.1, -0.05) is 34.6 Å². The lowest BCUT2D eigenvalue weighted by atomic mass is 9.62. The van der Waals surface area contributed by atoms with Gasteiger partial charge < -0.3 is 4.43 Å². The van der Waals surface area contributed by atoms with E-state index in [-0.39, 0.29) is 5.41 Å². The molecule has 2 aliphatic carbocycles. The number of carbonyl (C=O) groups is 1. The highest BCUT2D eigenvalue weighted by atomic mass is 28.4. The van der Waals surface area contributed by atoms with Crippen molar-refractivity contribution >= 4 is 14.1 Å². The minimum absolute atomic E-state index is 0.257. The smallest absolute Gasteiger partial charge is 0.191 e. The molecule has 3 heteroatoms. The lowest BCUT2D eigenvalue weighted by Crippen LogP contribution is -2.42. The van der Waals surface area contributed by atoms with Gasteiger partial charge in [-0.25, -0.2) is 0 Å². The molecule has 4 atom stereocenters. The van der Waals surface area contributed by atoms with Crippen LogP contribution in [-0.4, -0.2) is 20.7 Å². The molecule has 0 aliphatic heterocycles. The maximum atomic E-state index is 12.3. The van der Waals surface area contributed by atoms with Gasteiger partial charge in [-0.15, -0.1) is 0 Å². The van der Waals surface area contributed by atoms with Gasteiger partial charge in [-0.2, -0.15) is 0 Å². The Morgan fingerprint density at radius 2 is 1.86 bits per heavy atom. The quantitative estimate of drug-likeness (QED) is 0.584. The van der Waals surface area contributed by atoms with Gasteiger partial charge in [0.25, 0.3) is 0 Å². The number of ketones is 1. The summed E-state index contributed by atoms with van der Waals surface area (Å²) < 4.78 is 6.56. The summed E-state index contributed by atoms with van der Waals surface area (Å²) in [6.45, 7) is 12.6. The molecule has 128 valence electrons. The molecule has 0 radical (unpaired) electrons. The average molecular weight is 325 g/mol. The van der Waals surface area contributed by atoms with Crippen molar-refractivity contribution in [3.63, 3.8) is 0 Å². The first-order valence-electron chi connectivity index (χ1n) is 9.59. The predicted molar refractivity (Wildman–Crippen MR) is 95.5 cm³/mol. The average Bonchev–Trinajstić information content (AvgIpc) is 2.87. The minimum atomic E-state index is -1.48. The van der Waals surface area contributed by atoms with E-state index in [1.807, 2.05) is 0 Å². The van der Waals surface area contributed by atoms with E-state index in [9.17, 15) is 4.79 Å². The third kappa shape index (κ3) is 3.21. The Bertz CT molecular complexity index is 383. The standard InChI is InChI=1S/C19H36O2Si/c1-6-22(7-2,8-3)21-14-15(4)16-11-12-17-18(20)10-9-13-19(16,17)5/h15-17H,6-14H2,1-5H3/t15-,16+,17-,19+/m0/s1. The monoisotopic (exact) mass is 324 g/mol. The summed E-state index contributed by atoms with van der Waals surface area (Å²) in [6.07, 6.45) is 5.54. The van der Waals surface area contributed by atoms with Crippen molar-refractivity contribution in [1.29, 1.82) is 0 Å². The topological polar surface area (TPSA) is 26.3 Å². The van der Waals surface area contributed by atoms with Crippen molar-refractivity contribution < 1.29 is 9.22 Å². The molecule has 0 spiro atoms. The van der Waals surface area contributed by atoms with Gasteiger partial charge >= 0.3 is 0 Å². The first-order valence-corrected chi connectivity index (χ1v) is 12.1. The van der Waals surface area contributed by atoms with Crippen LogP contribution in [0.4, 0.5) is 0 Å². The third-order valence-corrected chi connectivity index (χ3v) is 11.9. The Hall–Kier alpha value is -0.153. The molecule has 0 aromatic rings. The van der Waals surface area contributed by atoms with E-state index in [0.29, 0.717) is 23.5 Å². The molecule has 22 heavy (non-hydrogen) atoms. The van der Waals surface area contributed by atoms with Gasteiger partial charge in [0.15, 0.2) is 8.32 Å². The summed E-state index contributed by atoms with van der Waals surface area (Å²) in [5, 5.41) is 0. The van der Waals surface area contributed by atoms with Crippen LogP contribution in [0.3, 0.4) is 0 Å². The van der Waals surface area contributed by atoms with Crippen LogP contribution >= 0.6 is 0 Å². The summed E-state index contributed by atoms with van der Waals surface area (Å²) >= 11 is 0. The van der Waals surface area contributed by atoms with E-state index in [4.69, 9.17) is 4.43 Å². The van der Waals surface area contributed by atoms with Crippen molar-refractivity contribution in [3.05, 3.63) is 0 Å². The molecule has 0 heterocycles. The zero-order valence-corrected chi connectivity index (χ0v) is 16.4. The molecule has 0 N–H and O–H groups in total. The summed E-state index contributed by atoms with van der Waals surface area (Å²) in [6, 6.07) is 3.70. The maximum Gasteiger partial charge on any atom is 0.191 e. The first kappa shape index (κ1) is 18.2. The van der Waals surface area contributed by atoms with E-state index in [1.165, 1.54) is 31.0 Å². The molecule has 2 rings (SSSR count). The first-order chi connectivity index (χ1) is 10.4. The number of Topliss-reactive ketones (excluding diaryl/α,β-unsaturated/α-hetero) is 1. The van der Waals surface area contributed by atoms with Crippen LogP contribution in [0, 0.1) is 23.2 Å². The number of rotatable bonds is 7. The molecular formula is C19H36O2Si. The number of hydrogen-bond acceptors (Lipinski definition) is 2. The SMILES string of the molecule is CC[Si](CC)(CC)OC[C@H](C)[C@H]1CC[C@H]2C(=O)CCC[C@]12C. The van der Waals surface area contributed by atoms with Crippen LogP contribution in [0.5, 0.6) is 0 Å². The lowest BCUT2D eigenvalue weighted by Gasteiger charge is -2.43. The Labute approximate surface area is 138 Å². The fraction of sp³-hybridized carbons (Fsp3) is 0.947. The Kier molecular flexibility index (Phi) is 5.93. The van der Waals surface area contributed by atoms with E-state index < -0.39 is 8.32 Å². The van der Waals surface area contributed by atoms with Gasteiger partial charge in [-0.05, 0) is 61.1 Å². The molecule has 0 amide bonds. The largest absolute Gasteiger partial charge is 0.417 e. The fourth-order valence-electron chi connectivity index (χ4n) is 5.39. The van der Waals surface area contributed by atoms with Crippen molar-refractivity contribution in [2.45, 2.75) is 84.9 Å². The van der Waals surface area contributed by atoms with E-state index >= 15 is 0 Å².